The zero-order valence-electron chi connectivity index (χ0n) is 11.1. The van der Waals surface area contributed by atoms with E-state index in [0.717, 1.165) is 6.08 Å². The number of thiocarbonyl (C=S) groups is 1. The second-order valence-corrected chi connectivity index (χ2v) is 4.36. The summed E-state index contributed by atoms with van der Waals surface area (Å²) in [6.45, 7) is 0. The molecule has 0 radical (unpaired) electrons. The summed E-state index contributed by atoms with van der Waals surface area (Å²) in [5, 5.41) is 2.15. The molecule has 0 saturated carbocycles. The van der Waals surface area contributed by atoms with Crippen LogP contribution in [0.3, 0.4) is 0 Å². The Labute approximate surface area is 130 Å². The largest absolute Gasteiger partial charge is 0.270 e. The molecule has 0 aliphatic heterocycles. The average molecular weight is 315 g/mol. The molecule has 0 spiro atoms. The van der Waals surface area contributed by atoms with Gasteiger partial charge in [0.1, 0.15) is 5.82 Å². The first-order valence-corrected chi connectivity index (χ1v) is 6.51. The molecule has 5 heteroatoms. The van der Waals surface area contributed by atoms with Crippen LogP contribution >= 0.6 is 12.2 Å². The van der Waals surface area contributed by atoms with Crippen LogP contribution in [0.2, 0.25) is 0 Å². The molecule has 0 N–H and O–H groups in total. The quantitative estimate of drug-likeness (QED) is 0.422. The molecule has 0 fully saturated rings. The zero-order chi connectivity index (χ0) is 15.9. The van der Waals surface area contributed by atoms with Crippen LogP contribution in [-0.2, 0) is 0 Å². The summed E-state index contributed by atoms with van der Waals surface area (Å²) in [4.78, 5) is 3.67. The average Bonchev–Trinajstić information content (AvgIpc) is 2.48. The van der Waals surface area contributed by atoms with Gasteiger partial charge >= 0.3 is 0 Å². The van der Waals surface area contributed by atoms with Gasteiger partial charge in [0.15, 0.2) is 0 Å². The molecule has 1 nitrogen and oxygen atoms in total. The van der Waals surface area contributed by atoms with Crippen molar-refractivity contribution in [2.24, 2.45) is 4.99 Å². The minimum atomic E-state index is -1.76. The summed E-state index contributed by atoms with van der Waals surface area (Å²) in [7, 11) is 0. The standard InChI is InChI=1S/C17H8F3NS/c18-16-10-15(21-11-22)8-7-14(16)6-5-12-1-3-13(4-2-12)9-17(19)20/h1-4,7-10H. The van der Waals surface area contributed by atoms with Crippen molar-refractivity contribution in [3.63, 3.8) is 0 Å². The summed E-state index contributed by atoms with van der Waals surface area (Å²) < 4.78 is 38.0. The van der Waals surface area contributed by atoms with Crippen molar-refractivity contribution >= 4 is 29.1 Å². The van der Waals surface area contributed by atoms with Crippen LogP contribution in [0.15, 0.2) is 53.5 Å². The third-order valence-electron chi connectivity index (χ3n) is 2.66. The van der Waals surface area contributed by atoms with E-state index in [2.05, 4.69) is 34.2 Å². The van der Waals surface area contributed by atoms with Crippen molar-refractivity contribution in [3.05, 3.63) is 71.1 Å². The Hall–Kier alpha value is -2.67. The summed E-state index contributed by atoms with van der Waals surface area (Å²) in [5.41, 5.74) is 1.54. The molecular formula is C17H8F3NS. The van der Waals surface area contributed by atoms with Crippen LogP contribution in [0.5, 0.6) is 0 Å². The molecule has 108 valence electrons. The maximum atomic E-state index is 13.8. The van der Waals surface area contributed by atoms with Crippen molar-refractivity contribution in [3.8, 4) is 11.8 Å². The predicted molar refractivity (Wildman–Crippen MR) is 83.7 cm³/mol. The Kier molecular flexibility index (Phi) is 5.26. The highest BCUT2D eigenvalue weighted by Gasteiger charge is 2.00. The molecule has 0 aliphatic carbocycles. The van der Waals surface area contributed by atoms with Gasteiger partial charge in [0.25, 0.3) is 6.08 Å². The third-order valence-corrected chi connectivity index (χ3v) is 2.75. The van der Waals surface area contributed by atoms with Crippen molar-refractivity contribution < 1.29 is 13.2 Å². The summed E-state index contributed by atoms with van der Waals surface area (Å²) in [6, 6.07) is 10.5. The second kappa shape index (κ2) is 7.37. The van der Waals surface area contributed by atoms with E-state index in [1.165, 1.54) is 24.3 Å². The van der Waals surface area contributed by atoms with Crippen molar-refractivity contribution in [2.45, 2.75) is 0 Å². The molecule has 0 aromatic heterocycles. The molecule has 0 bridgehead atoms. The van der Waals surface area contributed by atoms with Crippen LogP contribution in [0.25, 0.3) is 6.08 Å². The summed E-state index contributed by atoms with van der Waals surface area (Å²) in [5.74, 6) is 4.94. The lowest BCUT2D eigenvalue weighted by Gasteiger charge is -1.96. The first-order chi connectivity index (χ1) is 10.6. The minimum absolute atomic E-state index is 0.210. The van der Waals surface area contributed by atoms with E-state index >= 15 is 0 Å². The predicted octanol–water partition coefficient (Wildman–Crippen LogP) is 5.20. The van der Waals surface area contributed by atoms with Crippen LogP contribution in [0.4, 0.5) is 18.9 Å². The lowest BCUT2D eigenvalue weighted by atomic mass is 10.1. The Morgan fingerprint density at radius 3 is 2.36 bits per heavy atom. The number of nitrogens with zero attached hydrogens (tertiary/aromatic N) is 1. The van der Waals surface area contributed by atoms with Crippen molar-refractivity contribution in [1.82, 2.24) is 0 Å². The van der Waals surface area contributed by atoms with E-state index in [1.54, 1.807) is 18.2 Å². The van der Waals surface area contributed by atoms with E-state index < -0.39 is 11.9 Å². The molecule has 0 aliphatic rings. The molecule has 2 aromatic rings. The van der Waals surface area contributed by atoms with E-state index in [-0.39, 0.29) is 5.56 Å². The van der Waals surface area contributed by atoms with Gasteiger partial charge in [0.2, 0.25) is 0 Å². The lowest BCUT2D eigenvalue weighted by Crippen LogP contribution is -1.83. The molecule has 0 atom stereocenters. The smallest absolute Gasteiger partial charge is 0.206 e. The van der Waals surface area contributed by atoms with E-state index in [4.69, 9.17) is 0 Å². The van der Waals surface area contributed by atoms with Crippen LogP contribution in [-0.4, -0.2) is 5.16 Å². The number of hydrogen-bond donors (Lipinski definition) is 0. The second-order valence-electron chi connectivity index (χ2n) is 4.17. The lowest BCUT2D eigenvalue weighted by molar-refractivity contribution is 0.429. The first-order valence-electron chi connectivity index (χ1n) is 6.11. The van der Waals surface area contributed by atoms with Gasteiger partial charge in [0, 0.05) is 17.7 Å². The molecule has 2 aromatic carbocycles. The molecule has 0 unspecified atom stereocenters. The molecule has 22 heavy (non-hydrogen) atoms. The molecule has 0 saturated heterocycles. The zero-order valence-corrected chi connectivity index (χ0v) is 11.9. The maximum absolute atomic E-state index is 13.8. The van der Waals surface area contributed by atoms with Gasteiger partial charge in [-0.15, -0.1) is 0 Å². The molecular weight excluding hydrogens is 307 g/mol. The van der Waals surface area contributed by atoms with Crippen molar-refractivity contribution in [1.29, 1.82) is 0 Å². The number of rotatable bonds is 2. The third kappa shape index (κ3) is 4.42. The van der Waals surface area contributed by atoms with Gasteiger partial charge in [-0.25, -0.2) is 4.39 Å². The normalized spacial score (nSPS) is 9.23. The number of isothiocyanates is 1. The number of hydrogen-bond acceptors (Lipinski definition) is 2. The van der Waals surface area contributed by atoms with Crippen molar-refractivity contribution in [2.75, 3.05) is 0 Å². The van der Waals surface area contributed by atoms with E-state index in [0.29, 0.717) is 16.8 Å². The summed E-state index contributed by atoms with van der Waals surface area (Å²) in [6.07, 6.45) is -1.01. The number of halogens is 3. The Morgan fingerprint density at radius 1 is 1.05 bits per heavy atom. The Morgan fingerprint density at radius 2 is 1.77 bits per heavy atom. The van der Waals surface area contributed by atoms with Crippen LogP contribution in [0.1, 0.15) is 16.7 Å². The fraction of sp³-hybridized carbons (Fsp3) is 0. The highest BCUT2D eigenvalue weighted by atomic mass is 32.1. The molecule has 0 amide bonds. The minimum Gasteiger partial charge on any atom is -0.206 e. The monoisotopic (exact) mass is 315 g/mol. The Bertz CT molecular complexity index is 819. The van der Waals surface area contributed by atoms with E-state index in [1.807, 2.05) is 0 Å². The fourth-order valence-corrected chi connectivity index (χ4v) is 1.76. The first kappa shape index (κ1) is 15.7. The number of benzene rings is 2. The highest BCUT2D eigenvalue weighted by Crippen LogP contribution is 2.16. The Balaban J connectivity index is 2.23. The van der Waals surface area contributed by atoms with Crippen LogP contribution in [0, 0.1) is 17.7 Å². The highest BCUT2D eigenvalue weighted by molar-refractivity contribution is 7.78. The fourth-order valence-electron chi connectivity index (χ4n) is 1.66. The maximum Gasteiger partial charge on any atom is 0.270 e. The SMILES string of the molecule is FC(F)=Cc1ccc(C#Cc2ccc(N=C=S)cc2F)cc1. The van der Waals surface area contributed by atoms with Gasteiger partial charge in [-0.2, -0.15) is 13.8 Å². The van der Waals surface area contributed by atoms with Gasteiger partial charge < -0.3 is 0 Å². The topological polar surface area (TPSA) is 12.4 Å². The van der Waals surface area contributed by atoms with E-state index in [9.17, 15) is 13.2 Å². The van der Waals surface area contributed by atoms with Gasteiger partial charge in [-0.05, 0) is 42.0 Å². The molecule has 0 heterocycles. The molecule has 2 rings (SSSR count). The van der Waals surface area contributed by atoms with Gasteiger partial charge in [-0.1, -0.05) is 24.0 Å². The van der Waals surface area contributed by atoms with Gasteiger partial charge in [0.05, 0.1) is 16.4 Å². The number of aliphatic imine (C=N–C) groups is 1. The van der Waals surface area contributed by atoms with Gasteiger partial charge in [-0.3, -0.25) is 0 Å². The van der Waals surface area contributed by atoms with Crippen LogP contribution < -0.4 is 0 Å². The summed E-state index contributed by atoms with van der Waals surface area (Å²) >= 11 is 4.44.